The van der Waals surface area contributed by atoms with Gasteiger partial charge in [-0.2, -0.15) is 9.90 Å². The summed E-state index contributed by atoms with van der Waals surface area (Å²) in [6.45, 7) is 4.80. The Morgan fingerprint density at radius 3 is 2.52 bits per heavy atom. The zero-order valence-electron chi connectivity index (χ0n) is 11.9. The molecule has 1 aromatic carbocycles. The standard InChI is InChI=1S/C14H15BrN6/c1-3-10-5-7-11(8-6-10)21-13(15)12(9-16-21)14-17-19-20(4-2)18-14/h5-9H,3-4H2,1-2H3. The fourth-order valence-corrected chi connectivity index (χ4v) is 2.60. The van der Waals surface area contributed by atoms with Crippen molar-refractivity contribution in [1.29, 1.82) is 0 Å². The van der Waals surface area contributed by atoms with Crippen LogP contribution in [0, 0.1) is 0 Å². The Labute approximate surface area is 130 Å². The van der Waals surface area contributed by atoms with Crippen molar-refractivity contribution in [3.05, 3.63) is 40.6 Å². The highest BCUT2D eigenvalue weighted by Crippen LogP contribution is 2.27. The molecule has 0 fully saturated rings. The number of rotatable bonds is 4. The highest BCUT2D eigenvalue weighted by molar-refractivity contribution is 9.10. The lowest BCUT2D eigenvalue weighted by molar-refractivity contribution is 0.553. The van der Waals surface area contributed by atoms with Gasteiger partial charge >= 0.3 is 0 Å². The fourth-order valence-electron chi connectivity index (χ4n) is 2.02. The van der Waals surface area contributed by atoms with Gasteiger partial charge in [0, 0.05) is 0 Å². The molecule has 0 aliphatic carbocycles. The van der Waals surface area contributed by atoms with Gasteiger partial charge in [0.2, 0.25) is 5.82 Å². The average Bonchev–Trinajstić information content (AvgIpc) is 3.13. The summed E-state index contributed by atoms with van der Waals surface area (Å²) in [5, 5.41) is 16.7. The largest absolute Gasteiger partial charge is 0.226 e. The summed E-state index contributed by atoms with van der Waals surface area (Å²) in [6, 6.07) is 8.32. The second kappa shape index (κ2) is 5.77. The zero-order chi connectivity index (χ0) is 14.8. The molecule has 0 aliphatic rings. The third-order valence-corrected chi connectivity index (χ3v) is 4.04. The second-order valence-electron chi connectivity index (χ2n) is 4.58. The van der Waals surface area contributed by atoms with Crippen molar-refractivity contribution in [2.75, 3.05) is 0 Å². The molecule has 0 saturated carbocycles. The molecule has 2 heterocycles. The van der Waals surface area contributed by atoms with Crippen molar-refractivity contribution in [3.63, 3.8) is 0 Å². The number of hydrogen-bond donors (Lipinski definition) is 0. The van der Waals surface area contributed by atoms with E-state index in [1.54, 1.807) is 11.0 Å². The van der Waals surface area contributed by atoms with Crippen molar-refractivity contribution in [2.45, 2.75) is 26.8 Å². The van der Waals surface area contributed by atoms with E-state index in [-0.39, 0.29) is 0 Å². The highest BCUT2D eigenvalue weighted by atomic mass is 79.9. The molecule has 0 atom stereocenters. The van der Waals surface area contributed by atoms with Crippen molar-refractivity contribution in [1.82, 2.24) is 30.0 Å². The monoisotopic (exact) mass is 346 g/mol. The third-order valence-electron chi connectivity index (χ3n) is 3.28. The molecule has 0 bridgehead atoms. The van der Waals surface area contributed by atoms with Crippen LogP contribution in [0.5, 0.6) is 0 Å². The number of aryl methyl sites for hydroxylation is 2. The molecule has 0 saturated heterocycles. The molecule has 0 radical (unpaired) electrons. The minimum atomic E-state index is 0.570. The molecule has 108 valence electrons. The number of aromatic nitrogens is 6. The highest BCUT2D eigenvalue weighted by Gasteiger charge is 2.15. The molecular weight excluding hydrogens is 332 g/mol. The van der Waals surface area contributed by atoms with E-state index >= 15 is 0 Å². The number of hydrogen-bond acceptors (Lipinski definition) is 4. The Morgan fingerprint density at radius 2 is 1.90 bits per heavy atom. The Kier molecular flexibility index (Phi) is 3.83. The molecule has 0 amide bonds. The van der Waals surface area contributed by atoms with Crippen LogP contribution in [0.15, 0.2) is 35.1 Å². The van der Waals surface area contributed by atoms with E-state index in [1.165, 1.54) is 5.56 Å². The van der Waals surface area contributed by atoms with Gasteiger partial charge < -0.3 is 0 Å². The predicted molar refractivity (Wildman–Crippen MR) is 83.1 cm³/mol. The zero-order valence-corrected chi connectivity index (χ0v) is 13.4. The maximum absolute atomic E-state index is 4.41. The van der Waals surface area contributed by atoms with E-state index in [4.69, 9.17) is 0 Å². The average molecular weight is 347 g/mol. The molecule has 21 heavy (non-hydrogen) atoms. The van der Waals surface area contributed by atoms with Gasteiger partial charge in [0.05, 0.1) is 24.0 Å². The third kappa shape index (κ3) is 2.61. The fraction of sp³-hybridized carbons (Fsp3) is 0.286. The van der Waals surface area contributed by atoms with Gasteiger partial charge in [0.1, 0.15) is 4.60 Å². The van der Waals surface area contributed by atoms with Crippen LogP contribution in [0.2, 0.25) is 0 Å². The quantitative estimate of drug-likeness (QED) is 0.728. The first kappa shape index (κ1) is 13.9. The van der Waals surface area contributed by atoms with Crippen LogP contribution >= 0.6 is 15.9 Å². The van der Waals surface area contributed by atoms with E-state index in [9.17, 15) is 0 Å². The molecule has 0 N–H and O–H groups in total. The van der Waals surface area contributed by atoms with Crippen LogP contribution in [0.4, 0.5) is 0 Å². The smallest absolute Gasteiger partial charge is 0.209 e. The summed E-state index contributed by atoms with van der Waals surface area (Å²) >= 11 is 3.57. The number of nitrogens with zero attached hydrogens (tertiary/aromatic N) is 6. The molecule has 2 aromatic heterocycles. The molecule has 7 heteroatoms. The number of tetrazole rings is 1. The second-order valence-corrected chi connectivity index (χ2v) is 5.33. The first-order chi connectivity index (χ1) is 10.2. The maximum Gasteiger partial charge on any atom is 0.209 e. The van der Waals surface area contributed by atoms with E-state index in [1.807, 2.05) is 11.6 Å². The Hall–Kier alpha value is -2.02. The van der Waals surface area contributed by atoms with Crippen molar-refractivity contribution in [3.8, 4) is 17.1 Å². The normalized spacial score (nSPS) is 11.0. The van der Waals surface area contributed by atoms with Crippen molar-refractivity contribution >= 4 is 15.9 Å². The summed E-state index contributed by atoms with van der Waals surface area (Å²) in [6.07, 6.45) is 2.77. The minimum absolute atomic E-state index is 0.570. The first-order valence-electron chi connectivity index (χ1n) is 6.84. The minimum Gasteiger partial charge on any atom is -0.226 e. The van der Waals surface area contributed by atoms with Gasteiger partial charge in [0.15, 0.2) is 0 Å². The summed E-state index contributed by atoms with van der Waals surface area (Å²) in [5.74, 6) is 0.570. The van der Waals surface area contributed by atoms with Gasteiger partial charge in [-0.1, -0.05) is 19.1 Å². The van der Waals surface area contributed by atoms with Gasteiger partial charge in [-0.3, -0.25) is 0 Å². The Morgan fingerprint density at radius 1 is 1.14 bits per heavy atom. The van der Waals surface area contributed by atoms with E-state index < -0.39 is 0 Å². The molecular formula is C14H15BrN6. The maximum atomic E-state index is 4.41. The van der Waals surface area contributed by atoms with Gasteiger partial charge in [0.25, 0.3) is 0 Å². The van der Waals surface area contributed by atoms with Gasteiger partial charge in [-0.05, 0) is 52.2 Å². The molecule has 6 nitrogen and oxygen atoms in total. The number of benzene rings is 1. The lowest BCUT2D eigenvalue weighted by atomic mass is 10.1. The Balaban J connectivity index is 1.97. The molecule has 3 rings (SSSR count). The molecule has 0 spiro atoms. The van der Waals surface area contributed by atoms with Crippen molar-refractivity contribution in [2.24, 2.45) is 0 Å². The van der Waals surface area contributed by atoms with Crippen LogP contribution in [-0.2, 0) is 13.0 Å². The Bertz CT molecular complexity index is 743. The van der Waals surface area contributed by atoms with Crippen LogP contribution in [-0.4, -0.2) is 30.0 Å². The van der Waals surface area contributed by atoms with E-state index in [2.05, 4.69) is 67.6 Å². The summed E-state index contributed by atoms with van der Waals surface area (Å²) in [7, 11) is 0. The first-order valence-corrected chi connectivity index (χ1v) is 7.63. The number of halogens is 1. The summed E-state index contributed by atoms with van der Waals surface area (Å²) in [5.41, 5.74) is 3.12. The van der Waals surface area contributed by atoms with Crippen LogP contribution in [0.25, 0.3) is 17.1 Å². The lowest BCUT2D eigenvalue weighted by Crippen LogP contribution is -1.98. The van der Waals surface area contributed by atoms with Crippen LogP contribution in [0.3, 0.4) is 0 Å². The molecule has 0 unspecified atom stereocenters. The SMILES string of the molecule is CCc1ccc(-n2ncc(-c3nnn(CC)n3)c2Br)cc1. The van der Waals surface area contributed by atoms with Gasteiger partial charge in [-0.15, -0.1) is 10.2 Å². The van der Waals surface area contributed by atoms with Crippen LogP contribution < -0.4 is 0 Å². The summed E-state index contributed by atoms with van der Waals surface area (Å²) in [4.78, 5) is 1.55. The summed E-state index contributed by atoms with van der Waals surface area (Å²) < 4.78 is 2.64. The van der Waals surface area contributed by atoms with Crippen molar-refractivity contribution < 1.29 is 0 Å². The van der Waals surface area contributed by atoms with E-state index in [0.717, 1.165) is 22.3 Å². The molecule has 0 aliphatic heterocycles. The lowest BCUT2D eigenvalue weighted by Gasteiger charge is -2.04. The predicted octanol–water partition coefficient (Wildman–Crippen LogP) is 2.87. The molecule has 3 aromatic rings. The van der Waals surface area contributed by atoms with Gasteiger partial charge in [-0.25, -0.2) is 4.68 Å². The topological polar surface area (TPSA) is 61.4 Å². The van der Waals surface area contributed by atoms with Crippen LogP contribution in [0.1, 0.15) is 19.4 Å². The van der Waals surface area contributed by atoms with E-state index in [0.29, 0.717) is 12.4 Å².